The number of amides is 2. The van der Waals surface area contributed by atoms with E-state index >= 15 is 0 Å². The van der Waals surface area contributed by atoms with Crippen molar-refractivity contribution in [3.63, 3.8) is 0 Å². The minimum absolute atomic E-state index is 0. The number of nitrogens with zero attached hydrogens (tertiary/aromatic N) is 1. The van der Waals surface area contributed by atoms with Crippen LogP contribution in [0.25, 0.3) is 0 Å². The maximum atomic E-state index is 12.4. The summed E-state index contributed by atoms with van der Waals surface area (Å²) in [5.41, 5.74) is 6.18. The molecule has 1 aromatic heterocycles. The van der Waals surface area contributed by atoms with E-state index in [2.05, 4.69) is 5.32 Å². The quantitative estimate of drug-likeness (QED) is 0.640. The molecule has 2 aromatic rings. The van der Waals surface area contributed by atoms with Crippen molar-refractivity contribution in [1.29, 1.82) is 0 Å². The Balaban J connectivity index is 0.00000312. The summed E-state index contributed by atoms with van der Waals surface area (Å²) in [6, 6.07) is 13.2. The maximum absolute atomic E-state index is 12.4. The summed E-state index contributed by atoms with van der Waals surface area (Å²) in [6.45, 7) is 0.219. The van der Waals surface area contributed by atoms with Crippen LogP contribution in [0, 0.1) is 0 Å². The number of rotatable bonds is 8. The minimum Gasteiger partial charge on any atom is -0.386 e. The van der Waals surface area contributed by atoms with Crippen molar-refractivity contribution in [3.05, 3.63) is 58.3 Å². The molecule has 136 valence electrons. The summed E-state index contributed by atoms with van der Waals surface area (Å²) in [4.78, 5) is 26.0. The lowest BCUT2D eigenvalue weighted by molar-refractivity contribution is -0.134. The zero-order chi connectivity index (χ0) is 17.4. The number of nitrogens with one attached hydrogen (secondary N) is 1. The molecule has 2 amide bonds. The van der Waals surface area contributed by atoms with Crippen LogP contribution in [-0.4, -0.2) is 41.5 Å². The lowest BCUT2D eigenvalue weighted by Crippen LogP contribution is -2.43. The molecule has 0 bridgehead atoms. The van der Waals surface area contributed by atoms with Crippen molar-refractivity contribution in [2.45, 2.75) is 12.6 Å². The van der Waals surface area contributed by atoms with E-state index in [1.165, 1.54) is 16.2 Å². The van der Waals surface area contributed by atoms with E-state index in [1.54, 1.807) is 0 Å². The van der Waals surface area contributed by atoms with Gasteiger partial charge in [0, 0.05) is 11.4 Å². The van der Waals surface area contributed by atoms with Gasteiger partial charge in [-0.15, -0.1) is 23.7 Å². The van der Waals surface area contributed by atoms with Crippen molar-refractivity contribution in [2.24, 2.45) is 5.73 Å². The van der Waals surface area contributed by atoms with Crippen LogP contribution >= 0.6 is 23.7 Å². The molecular weight excluding hydrogens is 362 g/mol. The van der Waals surface area contributed by atoms with Crippen molar-refractivity contribution in [2.75, 3.05) is 19.6 Å². The molecule has 1 aromatic carbocycles. The summed E-state index contributed by atoms with van der Waals surface area (Å²) < 4.78 is 0. The standard InChI is InChI=1S/C17H21N3O3S.ClH/c18-9-16(22)19-10-17(23)20(11-13-5-2-1-3-6-13)12-14(21)15-7-4-8-24-15;/h1-8,14,21H,9-12,18H2,(H,19,22);1H. The van der Waals surface area contributed by atoms with Gasteiger partial charge in [-0.2, -0.15) is 0 Å². The molecule has 8 heteroatoms. The van der Waals surface area contributed by atoms with Crippen LogP contribution in [0.2, 0.25) is 0 Å². The molecule has 1 atom stereocenters. The van der Waals surface area contributed by atoms with Crippen molar-refractivity contribution in [3.8, 4) is 0 Å². The topological polar surface area (TPSA) is 95.7 Å². The first kappa shape index (κ1) is 21.1. The molecular formula is C17H22ClN3O3S. The number of nitrogens with two attached hydrogens (primary N) is 1. The first-order chi connectivity index (χ1) is 11.6. The van der Waals surface area contributed by atoms with Crippen LogP contribution in [0.1, 0.15) is 16.5 Å². The fraction of sp³-hybridized carbons (Fsp3) is 0.294. The summed E-state index contributed by atoms with van der Waals surface area (Å²) >= 11 is 1.44. The number of hydrogen-bond donors (Lipinski definition) is 3. The van der Waals surface area contributed by atoms with Gasteiger partial charge in [-0.05, 0) is 17.0 Å². The second kappa shape index (κ2) is 10.8. The largest absolute Gasteiger partial charge is 0.386 e. The van der Waals surface area contributed by atoms with Crippen molar-refractivity contribution < 1.29 is 14.7 Å². The molecule has 0 spiro atoms. The molecule has 0 saturated heterocycles. The summed E-state index contributed by atoms with van der Waals surface area (Å²) in [7, 11) is 0. The van der Waals surface area contributed by atoms with Gasteiger partial charge < -0.3 is 21.1 Å². The SMILES string of the molecule is Cl.NCC(=O)NCC(=O)N(Cc1ccccc1)CC(O)c1cccs1. The van der Waals surface area contributed by atoms with Gasteiger partial charge in [-0.3, -0.25) is 9.59 Å². The molecule has 4 N–H and O–H groups in total. The number of benzene rings is 1. The van der Waals surface area contributed by atoms with E-state index in [9.17, 15) is 14.7 Å². The maximum Gasteiger partial charge on any atom is 0.242 e. The molecule has 1 heterocycles. The van der Waals surface area contributed by atoms with Crippen molar-refractivity contribution in [1.82, 2.24) is 10.2 Å². The van der Waals surface area contributed by atoms with Crippen LogP contribution in [0.15, 0.2) is 47.8 Å². The average molecular weight is 384 g/mol. The van der Waals surface area contributed by atoms with Crippen LogP contribution in [0.4, 0.5) is 0 Å². The first-order valence-corrected chi connectivity index (χ1v) is 8.48. The fourth-order valence-corrected chi connectivity index (χ4v) is 2.90. The van der Waals surface area contributed by atoms with E-state index in [0.29, 0.717) is 6.54 Å². The number of carbonyl (C=O) groups is 2. The highest BCUT2D eigenvalue weighted by Crippen LogP contribution is 2.20. The fourth-order valence-electron chi connectivity index (χ4n) is 2.20. The zero-order valence-corrected chi connectivity index (χ0v) is 15.3. The van der Waals surface area contributed by atoms with Gasteiger partial charge in [0.05, 0.1) is 19.6 Å². The number of aliphatic hydroxyl groups is 1. The van der Waals surface area contributed by atoms with Gasteiger partial charge in [-0.25, -0.2) is 0 Å². The highest BCUT2D eigenvalue weighted by molar-refractivity contribution is 7.10. The molecule has 0 fully saturated rings. The van der Waals surface area contributed by atoms with E-state index in [0.717, 1.165) is 10.4 Å². The first-order valence-electron chi connectivity index (χ1n) is 7.60. The molecule has 25 heavy (non-hydrogen) atoms. The number of hydrogen-bond acceptors (Lipinski definition) is 5. The Morgan fingerprint density at radius 2 is 1.92 bits per heavy atom. The molecule has 2 rings (SSSR count). The van der Waals surface area contributed by atoms with E-state index in [1.807, 2.05) is 47.8 Å². The molecule has 0 radical (unpaired) electrons. The zero-order valence-electron chi connectivity index (χ0n) is 13.6. The summed E-state index contributed by atoms with van der Waals surface area (Å²) in [6.07, 6.45) is -0.761. The molecule has 1 unspecified atom stereocenters. The lowest BCUT2D eigenvalue weighted by atomic mass is 10.2. The highest BCUT2D eigenvalue weighted by atomic mass is 35.5. The molecule has 0 saturated carbocycles. The van der Waals surface area contributed by atoms with Crippen LogP contribution < -0.4 is 11.1 Å². The van der Waals surface area contributed by atoms with Crippen LogP contribution in [-0.2, 0) is 16.1 Å². The average Bonchev–Trinajstić information content (AvgIpc) is 3.14. The molecule has 6 nitrogen and oxygen atoms in total. The number of halogens is 1. The Morgan fingerprint density at radius 1 is 1.20 bits per heavy atom. The predicted octanol–water partition coefficient (Wildman–Crippen LogP) is 1.31. The number of thiophene rings is 1. The minimum atomic E-state index is -0.761. The Kier molecular flexibility index (Phi) is 9.15. The second-order valence-corrected chi connectivity index (χ2v) is 6.25. The highest BCUT2D eigenvalue weighted by Gasteiger charge is 2.20. The van der Waals surface area contributed by atoms with Crippen molar-refractivity contribution >= 4 is 35.6 Å². The number of carbonyl (C=O) groups excluding carboxylic acids is 2. The molecule has 0 aliphatic rings. The monoisotopic (exact) mass is 383 g/mol. The van der Waals surface area contributed by atoms with Gasteiger partial charge in [0.25, 0.3) is 0 Å². The predicted molar refractivity (Wildman–Crippen MR) is 100 cm³/mol. The van der Waals surface area contributed by atoms with Gasteiger partial charge in [0.15, 0.2) is 0 Å². The summed E-state index contributed by atoms with van der Waals surface area (Å²) in [5.74, 6) is -0.655. The smallest absolute Gasteiger partial charge is 0.242 e. The van der Waals surface area contributed by atoms with Gasteiger partial charge >= 0.3 is 0 Å². The Labute approximate surface area is 157 Å². The van der Waals surface area contributed by atoms with Crippen LogP contribution in [0.3, 0.4) is 0 Å². The van der Waals surface area contributed by atoms with Gasteiger partial charge in [-0.1, -0.05) is 36.4 Å². The third kappa shape index (κ3) is 6.83. The molecule has 0 aliphatic carbocycles. The van der Waals surface area contributed by atoms with E-state index in [-0.39, 0.29) is 43.9 Å². The van der Waals surface area contributed by atoms with Gasteiger partial charge in [0.1, 0.15) is 6.10 Å². The lowest BCUT2D eigenvalue weighted by Gasteiger charge is -2.25. The number of aliphatic hydroxyl groups excluding tert-OH is 1. The Bertz CT molecular complexity index is 652. The third-order valence-corrected chi connectivity index (χ3v) is 4.43. The molecule has 0 aliphatic heterocycles. The summed E-state index contributed by atoms with van der Waals surface area (Å²) in [5, 5.41) is 14.7. The van der Waals surface area contributed by atoms with Gasteiger partial charge in [0.2, 0.25) is 11.8 Å². The second-order valence-electron chi connectivity index (χ2n) is 5.27. The normalized spacial score (nSPS) is 11.3. The Hall–Kier alpha value is -1.93. The van der Waals surface area contributed by atoms with E-state index < -0.39 is 6.10 Å². The third-order valence-electron chi connectivity index (χ3n) is 3.46. The Morgan fingerprint density at radius 3 is 2.52 bits per heavy atom. The van der Waals surface area contributed by atoms with E-state index in [4.69, 9.17) is 5.73 Å². The van der Waals surface area contributed by atoms with Crippen LogP contribution in [0.5, 0.6) is 0 Å².